The third kappa shape index (κ3) is 2.60. The van der Waals surface area contributed by atoms with Gasteiger partial charge in [0, 0.05) is 11.1 Å². The van der Waals surface area contributed by atoms with Gasteiger partial charge in [0.15, 0.2) is 23.1 Å². The first-order valence-electron chi connectivity index (χ1n) is 8.29. The summed E-state index contributed by atoms with van der Waals surface area (Å²) in [7, 11) is 0. The van der Waals surface area contributed by atoms with Gasteiger partial charge in [-0.05, 0) is 30.3 Å². The molecule has 9 heteroatoms. The number of H-pyrrole nitrogens is 1. The molecule has 0 fully saturated rings. The maximum atomic E-state index is 12.6. The van der Waals surface area contributed by atoms with Crippen LogP contribution in [0, 0.1) is 0 Å². The number of aromatic amines is 1. The largest absolute Gasteiger partial charge is 0.459 e. The van der Waals surface area contributed by atoms with Crippen molar-refractivity contribution >= 4 is 17.6 Å². The molecule has 0 spiro atoms. The van der Waals surface area contributed by atoms with Crippen molar-refractivity contribution in [2.24, 2.45) is 0 Å². The Morgan fingerprint density at radius 3 is 2.89 bits per heavy atom. The van der Waals surface area contributed by atoms with E-state index in [0.29, 0.717) is 36.0 Å². The number of carbonyl (C=O) groups is 2. The van der Waals surface area contributed by atoms with E-state index in [1.165, 1.54) is 6.26 Å². The van der Waals surface area contributed by atoms with Crippen LogP contribution in [0.1, 0.15) is 32.2 Å². The predicted octanol–water partition coefficient (Wildman–Crippen LogP) is 2.14. The van der Waals surface area contributed by atoms with Crippen LogP contribution in [-0.2, 0) is 13.1 Å². The lowest BCUT2D eigenvalue weighted by Gasteiger charge is -2.14. The van der Waals surface area contributed by atoms with E-state index in [1.54, 1.807) is 35.2 Å². The number of carbonyl (C=O) groups excluding carboxylic acids is 2. The zero-order valence-electron chi connectivity index (χ0n) is 14.0. The van der Waals surface area contributed by atoms with Crippen molar-refractivity contribution in [3.63, 3.8) is 0 Å². The second-order valence-corrected chi connectivity index (χ2v) is 6.19. The Bertz CT molecular complexity index is 1040. The van der Waals surface area contributed by atoms with E-state index in [4.69, 9.17) is 13.9 Å². The van der Waals surface area contributed by atoms with E-state index in [-0.39, 0.29) is 24.4 Å². The quantitative estimate of drug-likeness (QED) is 0.735. The lowest BCUT2D eigenvalue weighted by molar-refractivity contribution is 0.0717. The van der Waals surface area contributed by atoms with Crippen LogP contribution in [0.5, 0.6) is 11.5 Å². The average Bonchev–Trinajstić information content (AvgIpc) is 3.45. The summed E-state index contributed by atoms with van der Waals surface area (Å²) in [6, 6.07) is 8.26. The number of benzene rings is 1. The van der Waals surface area contributed by atoms with Crippen LogP contribution in [0.15, 0.2) is 41.0 Å². The first-order valence-corrected chi connectivity index (χ1v) is 8.29. The van der Waals surface area contributed by atoms with Gasteiger partial charge in [-0.1, -0.05) is 0 Å². The molecule has 0 aliphatic carbocycles. The molecule has 1 aromatic carbocycles. The number of hydrogen-bond acceptors (Lipinski definition) is 6. The fraction of sp³-hybridized carbons (Fsp3) is 0.167. The highest BCUT2D eigenvalue weighted by molar-refractivity contribution is 6.04. The summed E-state index contributed by atoms with van der Waals surface area (Å²) >= 11 is 0. The van der Waals surface area contributed by atoms with Crippen molar-refractivity contribution in [3.05, 3.63) is 59.2 Å². The minimum absolute atomic E-state index is 0.146. The summed E-state index contributed by atoms with van der Waals surface area (Å²) in [6.45, 7) is 0.858. The first kappa shape index (κ1) is 15.5. The lowest BCUT2D eigenvalue weighted by atomic mass is 10.2. The third-order valence-electron chi connectivity index (χ3n) is 4.54. The molecular formula is C18H14N4O5. The first-order chi connectivity index (χ1) is 13.2. The summed E-state index contributed by atoms with van der Waals surface area (Å²) in [5.41, 5.74) is 2.00. The summed E-state index contributed by atoms with van der Waals surface area (Å²) in [4.78, 5) is 26.6. The van der Waals surface area contributed by atoms with Crippen molar-refractivity contribution < 1.29 is 23.5 Å². The van der Waals surface area contributed by atoms with Crippen LogP contribution in [0.4, 0.5) is 5.82 Å². The monoisotopic (exact) mass is 366 g/mol. The van der Waals surface area contributed by atoms with Crippen molar-refractivity contribution in [2.75, 3.05) is 12.1 Å². The fourth-order valence-corrected chi connectivity index (χ4v) is 3.16. The zero-order valence-corrected chi connectivity index (χ0v) is 14.0. The van der Waals surface area contributed by atoms with Gasteiger partial charge in [-0.25, -0.2) is 0 Å². The van der Waals surface area contributed by atoms with Gasteiger partial charge in [0.1, 0.15) is 0 Å². The standard InChI is InChI=1S/C18H14N4O5/c23-17(10-3-4-13-15(6-10)27-9-26-13)19-16-11-7-22(8-12(11)20-21-16)18(24)14-2-1-5-25-14/h1-6H,7-9H2,(H2,19,20,21,23). The summed E-state index contributed by atoms with van der Waals surface area (Å²) in [6.07, 6.45) is 1.46. The maximum Gasteiger partial charge on any atom is 0.290 e. The Balaban J connectivity index is 1.33. The van der Waals surface area contributed by atoms with E-state index >= 15 is 0 Å². The Labute approximate surface area is 152 Å². The van der Waals surface area contributed by atoms with E-state index in [2.05, 4.69) is 15.5 Å². The molecule has 0 bridgehead atoms. The molecule has 0 atom stereocenters. The van der Waals surface area contributed by atoms with Gasteiger partial charge in [-0.2, -0.15) is 5.10 Å². The zero-order chi connectivity index (χ0) is 18.4. The highest BCUT2D eigenvalue weighted by Gasteiger charge is 2.30. The summed E-state index contributed by atoms with van der Waals surface area (Å²) in [5.74, 6) is 1.29. The highest BCUT2D eigenvalue weighted by Crippen LogP contribution is 2.33. The molecule has 9 nitrogen and oxygen atoms in total. The molecule has 0 saturated heterocycles. The van der Waals surface area contributed by atoms with Crippen molar-refractivity contribution in [3.8, 4) is 11.5 Å². The lowest BCUT2D eigenvalue weighted by Crippen LogP contribution is -2.25. The second-order valence-electron chi connectivity index (χ2n) is 6.19. The molecule has 27 heavy (non-hydrogen) atoms. The number of hydrogen-bond donors (Lipinski definition) is 2. The molecule has 0 radical (unpaired) electrons. The summed E-state index contributed by atoms with van der Waals surface area (Å²) < 4.78 is 15.7. The Hall–Kier alpha value is -3.75. The van der Waals surface area contributed by atoms with Crippen molar-refractivity contribution in [1.29, 1.82) is 0 Å². The Kier molecular flexibility index (Phi) is 3.39. The number of fused-ring (bicyclic) bond motifs is 2. The Morgan fingerprint density at radius 1 is 1.15 bits per heavy atom. The van der Waals surface area contributed by atoms with Gasteiger partial charge in [0.25, 0.3) is 11.8 Å². The molecular weight excluding hydrogens is 352 g/mol. The summed E-state index contributed by atoms with van der Waals surface area (Å²) in [5, 5.41) is 9.82. The van der Waals surface area contributed by atoms with Crippen molar-refractivity contribution in [1.82, 2.24) is 15.1 Å². The highest BCUT2D eigenvalue weighted by atomic mass is 16.7. The molecule has 2 aliphatic heterocycles. The van der Waals surface area contributed by atoms with Crippen LogP contribution < -0.4 is 14.8 Å². The smallest absolute Gasteiger partial charge is 0.290 e. The van der Waals surface area contributed by atoms with Crippen molar-refractivity contribution in [2.45, 2.75) is 13.1 Å². The van der Waals surface area contributed by atoms with Gasteiger partial charge < -0.3 is 24.1 Å². The van der Waals surface area contributed by atoms with Gasteiger partial charge in [0.2, 0.25) is 6.79 Å². The van der Waals surface area contributed by atoms with Gasteiger partial charge in [0.05, 0.1) is 25.0 Å². The number of nitrogens with one attached hydrogen (secondary N) is 2. The molecule has 5 rings (SSSR count). The average molecular weight is 366 g/mol. The third-order valence-corrected chi connectivity index (χ3v) is 4.54. The second kappa shape index (κ2) is 5.90. The number of amides is 2. The van der Waals surface area contributed by atoms with E-state index in [1.807, 2.05) is 0 Å². The van der Waals surface area contributed by atoms with E-state index < -0.39 is 0 Å². The molecule has 0 saturated carbocycles. The van der Waals surface area contributed by atoms with Crippen LogP contribution >= 0.6 is 0 Å². The number of rotatable bonds is 3. The van der Waals surface area contributed by atoms with Gasteiger partial charge in [-0.3, -0.25) is 14.7 Å². The molecule has 0 unspecified atom stereocenters. The maximum absolute atomic E-state index is 12.6. The van der Waals surface area contributed by atoms with Crippen LogP contribution in [0.3, 0.4) is 0 Å². The SMILES string of the molecule is O=C(Nc1n[nH]c2c1CN(C(=O)c1ccco1)C2)c1ccc2c(c1)OCO2. The molecule has 3 aromatic rings. The van der Waals surface area contributed by atoms with Crippen LogP contribution in [0.2, 0.25) is 0 Å². The number of ether oxygens (including phenoxy) is 2. The van der Waals surface area contributed by atoms with Gasteiger partial charge >= 0.3 is 0 Å². The molecule has 4 heterocycles. The number of aromatic nitrogens is 2. The fourth-order valence-electron chi connectivity index (χ4n) is 3.16. The minimum Gasteiger partial charge on any atom is -0.459 e. The topological polar surface area (TPSA) is 110 Å². The minimum atomic E-state index is -0.321. The number of nitrogens with zero attached hydrogens (tertiary/aromatic N) is 2. The molecule has 2 N–H and O–H groups in total. The molecule has 2 amide bonds. The van der Waals surface area contributed by atoms with Crippen LogP contribution in [-0.4, -0.2) is 33.7 Å². The predicted molar refractivity (Wildman–Crippen MR) is 91.4 cm³/mol. The van der Waals surface area contributed by atoms with Gasteiger partial charge in [-0.15, -0.1) is 0 Å². The van der Waals surface area contributed by atoms with E-state index in [0.717, 1.165) is 11.3 Å². The number of furan rings is 1. The number of anilines is 1. The molecule has 136 valence electrons. The molecule has 2 aromatic heterocycles. The Morgan fingerprint density at radius 2 is 2.04 bits per heavy atom. The molecule has 2 aliphatic rings. The normalized spacial score (nSPS) is 14.3. The van der Waals surface area contributed by atoms with Crippen LogP contribution in [0.25, 0.3) is 0 Å². The van der Waals surface area contributed by atoms with E-state index in [9.17, 15) is 9.59 Å².